The van der Waals surface area contributed by atoms with E-state index in [1.54, 1.807) is 13.0 Å². The van der Waals surface area contributed by atoms with Gasteiger partial charge in [-0.2, -0.15) is 0 Å². The van der Waals surface area contributed by atoms with Gasteiger partial charge in [-0.05, 0) is 49.4 Å². The van der Waals surface area contributed by atoms with Gasteiger partial charge in [-0.3, -0.25) is 4.79 Å². The van der Waals surface area contributed by atoms with Crippen LogP contribution in [-0.4, -0.2) is 49.3 Å². The molecule has 5 rings (SSSR count). The summed E-state index contributed by atoms with van der Waals surface area (Å²) >= 11 is 0. The second kappa shape index (κ2) is 10.7. The molecule has 1 aliphatic carbocycles. The number of aromatic nitrogens is 2. The molecule has 1 fully saturated rings. The monoisotopic (exact) mass is 528 g/mol. The van der Waals surface area contributed by atoms with Crippen LogP contribution in [-0.2, 0) is 24.4 Å². The number of nitrogen functional groups attached to an aromatic ring is 1. The van der Waals surface area contributed by atoms with Crippen molar-refractivity contribution in [2.75, 3.05) is 12.3 Å². The number of aliphatic hydroxyl groups is 2. The first-order valence-corrected chi connectivity index (χ1v) is 12.7. The van der Waals surface area contributed by atoms with Gasteiger partial charge in [-0.25, -0.2) is 14.2 Å². The second-order valence-electron chi connectivity index (χ2n) is 9.63. The Labute approximate surface area is 218 Å². The number of pyridine rings is 2. The molecule has 3 heterocycles. The number of aliphatic hydroxyl groups excluding tert-OH is 2. The lowest BCUT2D eigenvalue weighted by Crippen LogP contribution is -2.46. The van der Waals surface area contributed by atoms with E-state index in [4.69, 9.17) is 10.8 Å². The molecule has 1 aromatic carbocycles. The summed E-state index contributed by atoms with van der Waals surface area (Å²) in [7, 11) is 0. The van der Waals surface area contributed by atoms with E-state index in [1.807, 2.05) is 13.8 Å². The van der Waals surface area contributed by atoms with Crippen LogP contribution in [0.4, 0.5) is 14.9 Å². The fourth-order valence-electron chi connectivity index (χ4n) is 5.36. The number of nitrogens with two attached hydrogens (primary N) is 1. The Kier molecular flexibility index (Phi) is 7.73. The van der Waals surface area contributed by atoms with Gasteiger partial charge in [0.25, 0.3) is 5.56 Å². The molecular weight excluding hydrogens is 495 g/mol. The number of hydrogen-bond donors (Lipinski definition) is 5. The minimum Gasteiger partial charge on any atom is -0.450 e. The summed E-state index contributed by atoms with van der Waals surface area (Å²) in [5.74, 6) is -0.604. The average molecular weight is 529 g/mol. The van der Waals surface area contributed by atoms with Crippen molar-refractivity contribution >= 4 is 22.7 Å². The van der Waals surface area contributed by atoms with E-state index in [0.29, 0.717) is 47.1 Å². The number of carbonyl (C=O) groups is 1. The van der Waals surface area contributed by atoms with Gasteiger partial charge in [-0.1, -0.05) is 13.8 Å². The van der Waals surface area contributed by atoms with Crippen LogP contribution in [0.5, 0.6) is 0 Å². The number of hydrogen-bond acceptors (Lipinski definition) is 8. The summed E-state index contributed by atoms with van der Waals surface area (Å²) in [5, 5.41) is 33.0. The Morgan fingerprint density at radius 2 is 2.05 bits per heavy atom. The molecule has 1 aliphatic heterocycles. The first kappa shape index (κ1) is 27.5. The van der Waals surface area contributed by atoms with Crippen molar-refractivity contribution in [2.45, 2.75) is 71.4 Å². The molecule has 2 unspecified atom stereocenters. The molecule has 3 aromatic rings. The van der Waals surface area contributed by atoms with Crippen LogP contribution in [0.1, 0.15) is 55.4 Å². The number of rotatable bonds is 6. The smallest absolute Gasteiger partial charge is 0.450 e. The molecule has 0 radical (unpaired) electrons. The molecule has 38 heavy (non-hydrogen) atoms. The molecule has 1 saturated carbocycles. The Morgan fingerprint density at radius 3 is 2.68 bits per heavy atom. The number of fused-ring (bicyclic) bond motifs is 4. The van der Waals surface area contributed by atoms with Crippen LogP contribution in [0.15, 0.2) is 23.0 Å². The minimum atomic E-state index is -1.47. The number of aryl methyl sites for hydroxylation is 1. The summed E-state index contributed by atoms with van der Waals surface area (Å²) in [5.41, 5.74) is 8.55. The third-order valence-electron chi connectivity index (χ3n) is 7.37. The van der Waals surface area contributed by atoms with Crippen molar-refractivity contribution in [1.29, 1.82) is 0 Å². The number of halogens is 1. The van der Waals surface area contributed by atoms with Crippen LogP contribution in [0.3, 0.4) is 0 Å². The molecular formula is C27H33FN4O6. The first-order chi connectivity index (χ1) is 18.1. The molecule has 6 N–H and O–H groups in total. The number of carboxylic acid groups (broad SMARTS) is 1. The number of benzene rings is 1. The summed E-state index contributed by atoms with van der Waals surface area (Å²) in [4.78, 5) is 28.8. The van der Waals surface area contributed by atoms with E-state index in [1.165, 1.54) is 16.7 Å². The lowest BCUT2D eigenvalue weighted by Gasteiger charge is -2.29. The van der Waals surface area contributed by atoms with Crippen molar-refractivity contribution in [2.24, 2.45) is 0 Å². The van der Waals surface area contributed by atoms with Crippen molar-refractivity contribution < 1.29 is 29.2 Å². The molecule has 0 spiro atoms. The van der Waals surface area contributed by atoms with E-state index in [-0.39, 0.29) is 43.1 Å². The highest BCUT2D eigenvalue weighted by Gasteiger charge is 2.38. The van der Waals surface area contributed by atoms with Crippen molar-refractivity contribution in [3.8, 4) is 11.4 Å². The quantitative estimate of drug-likeness (QED) is 0.187. The van der Waals surface area contributed by atoms with Crippen LogP contribution in [0, 0.1) is 12.7 Å². The van der Waals surface area contributed by atoms with Crippen LogP contribution in [0.25, 0.3) is 22.3 Å². The third-order valence-corrected chi connectivity index (χ3v) is 7.37. The summed E-state index contributed by atoms with van der Waals surface area (Å²) in [6.07, 6.45) is -0.414. The molecule has 0 bridgehead atoms. The van der Waals surface area contributed by atoms with E-state index >= 15 is 0 Å². The van der Waals surface area contributed by atoms with Crippen molar-refractivity contribution in [3.05, 3.63) is 56.6 Å². The number of anilines is 1. The topological polar surface area (TPSA) is 160 Å². The van der Waals surface area contributed by atoms with Gasteiger partial charge in [0.1, 0.15) is 12.4 Å². The Morgan fingerprint density at radius 1 is 1.32 bits per heavy atom. The third kappa shape index (κ3) is 4.84. The number of nitrogens with zero attached hydrogens (tertiary/aromatic N) is 2. The molecule has 2 aromatic heterocycles. The predicted octanol–water partition coefficient (Wildman–Crippen LogP) is 3.04. The van der Waals surface area contributed by atoms with Crippen LogP contribution < -0.4 is 16.6 Å². The average Bonchev–Trinajstić information content (AvgIpc) is 3.44. The maximum absolute atomic E-state index is 14.4. The van der Waals surface area contributed by atoms with Crippen LogP contribution >= 0.6 is 0 Å². The fourth-order valence-corrected chi connectivity index (χ4v) is 5.36. The van der Waals surface area contributed by atoms with Gasteiger partial charge in [-0.15, -0.1) is 0 Å². The summed E-state index contributed by atoms with van der Waals surface area (Å²) in [6.45, 7) is 5.62. The van der Waals surface area contributed by atoms with Gasteiger partial charge in [0.15, 0.2) is 0 Å². The zero-order chi connectivity index (χ0) is 27.8. The van der Waals surface area contributed by atoms with Crippen LogP contribution in [0.2, 0.25) is 0 Å². The van der Waals surface area contributed by atoms with E-state index in [0.717, 1.165) is 11.1 Å². The summed E-state index contributed by atoms with van der Waals surface area (Å²) in [6, 6.07) is 4.53. The second-order valence-corrected chi connectivity index (χ2v) is 9.63. The standard InChI is InChI=1S/C25H27FN4O6.C2H6/c1-12-4-21-22-16(9-30(21)23(33)17(12)10-36-24(34)35)15(8-28-25(11-31)3-2-13(32)7-25)14-5-19(27)18(26)6-20(14)29-22;1-2/h4-6,13,28,31-32H,2-3,7-11,27H2,1H3,(H,34,35);1-2H3. The largest absolute Gasteiger partial charge is 0.506 e. The molecule has 2 aliphatic rings. The normalized spacial score (nSPS) is 19.6. The summed E-state index contributed by atoms with van der Waals surface area (Å²) < 4.78 is 20.5. The van der Waals surface area contributed by atoms with Gasteiger partial charge in [0, 0.05) is 29.1 Å². The lowest BCUT2D eigenvalue weighted by molar-refractivity contribution is 0.0848. The van der Waals surface area contributed by atoms with Gasteiger partial charge in [0.05, 0.1) is 47.4 Å². The highest BCUT2D eigenvalue weighted by molar-refractivity contribution is 5.90. The molecule has 204 valence electrons. The van der Waals surface area contributed by atoms with E-state index in [2.05, 4.69) is 15.0 Å². The molecule has 0 amide bonds. The predicted molar refractivity (Wildman–Crippen MR) is 140 cm³/mol. The molecule has 2 atom stereocenters. The fraction of sp³-hybridized carbons (Fsp3) is 0.444. The zero-order valence-electron chi connectivity index (χ0n) is 21.7. The SMILES string of the molecule is CC.Cc1cc2n(c(=O)c1COC(=O)O)Cc1c-2nc2cc(F)c(N)cc2c1CNC1(CO)CCC(O)C1. The Hall–Kier alpha value is -3.54. The highest BCUT2D eigenvalue weighted by Crippen LogP contribution is 2.38. The minimum absolute atomic E-state index is 0.0321. The van der Waals surface area contributed by atoms with Crippen molar-refractivity contribution in [1.82, 2.24) is 14.9 Å². The zero-order valence-corrected chi connectivity index (χ0v) is 21.7. The molecule has 10 nitrogen and oxygen atoms in total. The van der Waals surface area contributed by atoms with Gasteiger partial charge in [0.2, 0.25) is 0 Å². The Bertz CT molecular complexity index is 1460. The van der Waals surface area contributed by atoms with Crippen molar-refractivity contribution in [3.63, 3.8) is 0 Å². The first-order valence-electron chi connectivity index (χ1n) is 12.7. The van der Waals surface area contributed by atoms with E-state index in [9.17, 15) is 24.2 Å². The maximum Gasteiger partial charge on any atom is 0.506 e. The molecule has 0 saturated heterocycles. The maximum atomic E-state index is 14.4. The lowest BCUT2D eigenvalue weighted by atomic mass is 9.95. The van der Waals surface area contributed by atoms with E-state index < -0.39 is 23.6 Å². The number of nitrogens with one attached hydrogen (secondary N) is 1. The highest BCUT2D eigenvalue weighted by atomic mass is 19.1. The van der Waals surface area contributed by atoms with Gasteiger partial charge < -0.3 is 35.7 Å². The molecule has 11 heteroatoms. The number of ether oxygens (including phenoxy) is 1. The van der Waals surface area contributed by atoms with Gasteiger partial charge >= 0.3 is 6.16 Å². The Balaban J connectivity index is 0.00000164.